The number of nitro groups is 1. The molecule has 1 aromatic carbocycles. The molecule has 2 aliphatic rings. The molecule has 1 saturated carbocycles. The summed E-state index contributed by atoms with van der Waals surface area (Å²) in [6.45, 7) is 4.69. The van der Waals surface area contributed by atoms with Crippen molar-refractivity contribution in [2.75, 3.05) is 26.2 Å². The number of nitrogens with one attached hydrogen (secondary N) is 1. The van der Waals surface area contributed by atoms with Crippen molar-refractivity contribution in [3.8, 4) is 0 Å². The van der Waals surface area contributed by atoms with Crippen LogP contribution in [-0.4, -0.2) is 49.9 Å². The minimum Gasteiger partial charge on any atom is -0.330 e. The van der Waals surface area contributed by atoms with Gasteiger partial charge in [-0.1, -0.05) is 25.5 Å². The van der Waals surface area contributed by atoms with Crippen LogP contribution in [0.15, 0.2) is 29.2 Å². The number of piperazine rings is 1. The number of para-hydroxylation sites is 1. The van der Waals surface area contributed by atoms with E-state index in [4.69, 9.17) is 0 Å². The first-order valence-corrected chi connectivity index (χ1v) is 10.4. The van der Waals surface area contributed by atoms with Crippen LogP contribution in [0.5, 0.6) is 0 Å². The fourth-order valence-electron chi connectivity index (χ4n) is 4.19. The monoisotopic (exact) mass is 368 g/mol. The number of nitro benzene ring substituents is 1. The molecule has 138 valence electrons. The van der Waals surface area contributed by atoms with E-state index >= 15 is 0 Å². The minimum atomic E-state index is -3.82. The lowest BCUT2D eigenvalue weighted by molar-refractivity contribution is -0.930. The lowest BCUT2D eigenvalue weighted by atomic mass is 9.86. The van der Waals surface area contributed by atoms with Gasteiger partial charge in [0.15, 0.2) is 4.90 Å². The molecule has 25 heavy (non-hydrogen) atoms. The zero-order valence-corrected chi connectivity index (χ0v) is 15.4. The SMILES string of the molecule is C[C@@H]1CCC[C@@H]([NH+]2CCN(S(=O)(=O)c3ccccc3[N+](=O)[O-])CC2)C1. The predicted octanol–water partition coefficient (Wildman–Crippen LogP) is 1.06. The molecular formula is C17H26N3O4S+. The van der Waals surface area contributed by atoms with Crippen LogP contribution in [0.3, 0.4) is 0 Å². The number of hydrogen-bond acceptors (Lipinski definition) is 4. The zero-order valence-electron chi connectivity index (χ0n) is 14.6. The third kappa shape index (κ3) is 3.86. The van der Waals surface area contributed by atoms with E-state index in [0.717, 1.165) is 19.0 Å². The molecule has 0 spiro atoms. The molecule has 1 saturated heterocycles. The molecular weight excluding hydrogens is 342 g/mol. The average molecular weight is 368 g/mol. The molecule has 1 aromatic rings. The van der Waals surface area contributed by atoms with Crippen LogP contribution >= 0.6 is 0 Å². The molecule has 0 radical (unpaired) electrons. The number of hydrogen-bond donors (Lipinski definition) is 1. The zero-order chi connectivity index (χ0) is 18.0. The van der Waals surface area contributed by atoms with Crippen LogP contribution in [0.2, 0.25) is 0 Å². The lowest BCUT2D eigenvalue weighted by Crippen LogP contribution is -3.18. The largest absolute Gasteiger partial charge is 0.330 e. The van der Waals surface area contributed by atoms with Gasteiger partial charge < -0.3 is 4.90 Å². The fourth-order valence-corrected chi connectivity index (χ4v) is 5.79. The summed E-state index contributed by atoms with van der Waals surface area (Å²) in [5.41, 5.74) is -0.349. The van der Waals surface area contributed by atoms with Gasteiger partial charge in [0.25, 0.3) is 5.69 Å². The first-order chi connectivity index (χ1) is 11.9. The molecule has 0 amide bonds. The second-order valence-corrected chi connectivity index (χ2v) is 9.16. The molecule has 1 heterocycles. The smallest absolute Gasteiger partial charge is 0.289 e. The Hall–Kier alpha value is -1.51. The summed E-state index contributed by atoms with van der Waals surface area (Å²) in [5.74, 6) is 0.750. The van der Waals surface area contributed by atoms with E-state index in [1.807, 2.05) is 0 Å². The summed E-state index contributed by atoms with van der Waals surface area (Å²) in [5, 5.41) is 11.2. The molecule has 0 bridgehead atoms. The normalized spacial score (nSPS) is 26.4. The van der Waals surface area contributed by atoms with Gasteiger partial charge in [0.2, 0.25) is 10.0 Å². The van der Waals surface area contributed by atoms with Crippen LogP contribution in [0.1, 0.15) is 32.6 Å². The average Bonchev–Trinajstić information content (AvgIpc) is 2.62. The van der Waals surface area contributed by atoms with Gasteiger partial charge in [-0.05, 0) is 24.8 Å². The van der Waals surface area contributed by atoms with Crippen molar-refractivity contribution in [3.05, 3.63) is 34.4 Å². The summed E-state index contributed by atoms with van der Waals surface area (Å²) >= 11 is 0. The first kappa shape index (κ1) is 18.3. The summed E-state index contributed by atoms with van der Waals surface area (Å²) in [6, 6.07) is 6.22. The Labute approximate surface area is 148 Å². The quantitative estimate of drug-likeness (QED) is 0.636. The van der Waals surface area contributed by atoms with Crippen molar-refractivity contribution in [2.24, 2.45) is 5.92 Å². The van der Waals surface area contributed by atoms with Gasteiger partial charge >= 0.3 is 0 Å². The molecule has 0 unspecified atom stereocenters. The van der Waals surface area contributed by atoms with Crippen molar-refractivity contribution in [3.63, 3.8) is 0 Å². The van der Waals surface area contributed by atoms with Crippen molar-refractivity contribution >= 4 is 15.7 Å². The lowest BCUT2D eigenvalue weighted by Gasteiger charge is -2.38. The maximum Gasteiger partial charge on any atom is 0.289 e. The van der Waals surface area contributed by atoms with Gasteiger partial charge in [0.05, 0.1) is 37.1 Å². The fraction of sp³-hybridized carbons (Fsp3) is 0.647. The van der Waals surface area contributed by atoms with Crippen LogP contribution in [0.4, 0.5) is 5.69 Å². The van der Waals surface area contributed by atoms with Crippen LogP contribution in [0, 0.1) is 16.0 Å². The van der Waals surface area contributed by atoms with Gasteiger partial charge in [-0.15, -0.1) is 0 Å². The van der Waals surface area contributed by atoms with Crippen LogP contribution < -0.4 is 4.90 Å². The Morgan fingerprint density at radius 2 is 1.88 bits per heavy atom. The molecule has 7 nitrogen and oxygen atoms in total. The number of nitrogens with zero attached hydrogens (tertiary/aromatic N) is 2. The molecule has 3 rings (SSSR count). The number of benzene rings is 1. The van der Waals surface area contributed by atoms with Crippen molar-refractivity contribution in [1.29, 1.82) is 0 Å². The second kappa shape index (κ2) is 7.39. The summed E-state index contributed by atoms with van der Waals surface area (Å²) in [7, 11) is -3.82. The van der Waals surface area contributed by atoms with E-state index < -0.39 is 14.9 Å². The van der Waals surface area contributed by atoms with E-state index in [-0.39, 0.29) is 10.6 Å². The Balaban J connectivity index is 1.71. The standard InChI is InChI=1S/C17H25N3O4S/c1-14-5-4-6-15(13-14)18-9-11-19(12-10-18)25(23,24)17-8-3-2-7-16(17)20(21)22/h2-3,7-8,14-15H,4-6,9-13H2,1H3/p+1/t14-,15-/m1/s1. The van der Waals surface area contributed by atoms with Gasteiger partial charge in [-0.2, -0.15) is 4.31 Å². The van der Waals surface area contributed by atoms with Gasteiger partial charge in [-0.3, -0.25) is 10.1 Å². The maximum absolute atomic E-state index is 12.9. The molecule has 2 atom stereocenters. The maximum atomic E-state index is 12.9. The Bertz CT molecular complexity index is 729. The van der Waals surface area contributed by atoms with E-state index in [9.17, 15) is 18.5 Å². The second-order valence-electron chi connectivity index (χ2n) is 7.26. The summed E-state index contributed by atoms with van der Waals surface area (Å²) in [4.78, 5) is 11.8. The third-order valence-corrected chi connectivity index (χ3v) is 7.50. The number of sulfonamides is 1. The van der Waals surface area contributed by atoms with Crippen LogP contribution in [0.25, 0.3) is 0 Å². The highest BCUT2D eigenvalue weighted by Crippen LogP contribution is 2.26. The summed E-state index contributed by atoms with van der Waals surface area (Å²) < 4.78 is 27.1. The van der Waals surface area contributed by atoms with Crippen molar-refractivity contribution < 1.29 is 18.2 Å². The van der Waals surface area contributed by atoms with E-state index in [2.05, 4.69) is 6.92 Å². The number of quaternary nitrogens is 1. The molecule has 0 aromatic heterocycles. The Kier molecular flexibility index (Phi) is 5.41. The highest BCUT2D eigenvalue weighted by atomic mass is 32.2. The van der Waals surface area contributed by atoms with Gasteiger partial charge in [-0.25, -0.2) is 8.42 Å². The van der Waals surface area contributed by atoms with Gasteiger partial charge in [0, 0.05) is 12.5 Å². The van der Waals surface area contributed by atoms with Gasteiger partial charge in [0.1, 0.15) is 0 Å². The minimum absolute atomic E-state index is 0.199. The molecule has 1 aliphatic heterocycles. The Morgan fingerprint density at radius 1 is 1.20 bits per heavy atom. The Morgan fingerprint density at radius 3 is 2.52 bits per heavy atom. The highest BCUT2D eigenvalue weighted by molar-refractivity contribution is 7.89. The van der Waals surface area contributed by atoms with E-state index in [0.29, 0.717) is 19.1 Å². The number of rotatable bonds is 4. The van der Waals surface area contributed by atoms with Crippen molar-refractivity contribution in [2.45, 2.75) is 43.5 Å². The predicted molar refractivity (Wildman–Crippen MR) is 94.0 cm³/mol. The molecule has 1 N–H and O–H groups in total. The molecule has 1 aliphatic carbocycles. The molecule has 2 fully saturated rings. The third-order valence-electron chi connectivity index (χ3n) is 5.56. The first-order valence-electron chi connectivity index (χ1n) is 8.97. The highest BCUT2D eigenvalue weighted by Gasteiger charge is 2.37. The van der Waals surface area contributed by atoms with Crippen LogP contribution in [-0.2, 0) is 10.0 Å². The topological polar surface area (TPSA) is 85.0 Å². The van der Waals surface area contributed by atoms with E-state index in [1.165, 1.54) is 59.2 Å². The molecule has 8 heteroatoms. The summed E-state index contributed by atoms with van der Waals surface area (Å²) in [6.07, 6.45) is 4.98. The van der Waals surface area contributed by atoms with E-state index in [1.54, 1.807) is 0 Å². The van der Waals surface area contributed by atoms with Crippen molar-refractivity contribution in [1.82, 2.24) is 4.31 Å².